The first-order valence-corrected chi connectivity index (χ1v) is 6.12. The summed E-state index contributed by atoms with van der Waals surface area (Å²) >= 11 is 0. The van der Waals surface area contributed by atoms with Crippen LogP contribution in [0, 0.1) is 17.0 Å². The minimum Gasteiger partial charge on any atom is -0.361 e. The molecule has 7 heteroatoms. The normalized spacial score (nSPS) is 12.8. The van der Waals surface area contributed by atoms with Crippen molar-refractivity contribution in [2.24, 2.45) is 5.73 Å². The van der Waals surface area contributed by atoms with Crippen molar-refractivity contribution in [1.82, 2.24) is 9.78 Å². The largest absolute Gasteiger partial charge is 0.361 e. The van der Waals surface area contributed by atoms with Crippen LogP contribution in [0.1, 0.15) is 38.9 Å². The zero-order chi connectivity index (χ0) is 13.9. The summed E-state index contributed by atoms with van der Waals surface area (Å²) in [7, 11) is 0. The van der Waals surface area contributed by atoms with Crippen molar-refractivity contribution in [3.63, 3.8) is 0 Å². The fourth-order valence-electron chi connectivity index (χ4n) is 1.79. The van der Waals surface area contributed by atoms with Gasteiger partial charge in [0.1, 0.15) is 5.69 Å². The number of nitrogens with one attached hydrogen (secondary N) is 1. The maximum atomic E-state index is 11.1. The van der Waals surface area contributed by atoms with Crippen LogP contribution in [0.2, 0.25) is 0 Å². The number of anilines is 1. The molecule has 1 aromatic rings. The molecule has 0 fully saturated rings. The first-order valence-electron chi connectivity index (χ1n) is 6.12. The third-order valence-electron chi connectivity index (χ3n) is 2.84. The second-order valence-electron chi connectivity index (χ2n) is 4.56. The lowest BCUT2D eigenvalue weighted by Gasteiger charge is -2.18. The van der Waals surface area contributed by atoms with E-state index < -0.39 is 4.92 Å². The highest BCUT2D eigenvalue weighted by Gasteiger charge is 2.27. The zero-order valence-corrected chi connectivity index (χ0v) is 11.3. The lowest BCUT2D eigenvalue weighted by Crippen LogP contribution is -2.29. The van der Waals surface area contributed by atoms with Gasteiger partial charge in [-0.1, -0.05) is 6.92 Å². The second-order valence-corrected chi connectivity index (χ2v) is 4.56. The van der Waals surface area contributed by atoms with Crippen LogP contribution in [0.15, 0.2) is 0 Å². The molecule has 0 radical (unpaired) electrons. The Balaban J connectivity index is 3.23. The Morgan fingerprint density at radius 2 is 2.17 bits per heavy atom. The van der Waals surface area contributed by atoms with Gasteiger partial charge in [-0.25, -0.2) is 4.68 Å². The number of hydrogen-bond donors (Lipinski definition) is 2. The lowest BCUT2D eigenvalue weighted by molar-refractivity contribution is -0.384. The van der Waals surface area contributed by atoms with Gasteiger partial charge in [0.05, 0.1) is 4.92 Å². The summed E-state index contributed by atoms with van der Waals surface area (Å²) in [5, 5.41) is 18.5. The molecule has 1 unspecified atom stereocenters. The van der Waals surface area contributed by atoms with Crippen LogP contribution >= 0.6 is 0 Å². The quantitative estimate of drug-likeness (QED) is 0.596. The maximum absolute atomic E-state index is 11.1. The molecule has 7 nitrogen and oxygen atoms in total. The van der Waals surface area contributed by atoms with Gasteiger partial charge in [-0.2, -0.15) is 5.10 Å². The van der Waals surface area contributed by atoms with Crippen molar-refractivity contribution >= 4 is 11.5 Å². The summed E-state index contributed by atoms with van der Waals surface area (Å²) in [5.74, 6) is 0.449. The highest BCUT2D eigenvalue weighted by molar-refractivity contribution is 5.60. The fraction of sp³-hybridized carbons (Fsp3) is 0.727. The third-order valence-corrected chi connectivity index (χ3v) is 2.84. The Bertz CT molecular complexity index is 423. The number of aromatic nitrogens is 2. The van der Waals surface area contributed by atoms with E-state index in [0.29, 0.717) is 18.1 Å². The summed E-state index contributed by atoms with van der Waals surface area (Å²) in [6.07, 6.45) is 0.802. The van der Waals surface area contributed by atoms with Crippen LogP contribution in [0.4, 0.5) is 11.5 Å². The fourth-order valence-corrected chi connectivity index (χ4v) is 1.79. The maximum Gasteiger partial charge on any atom is 0.333 e. The molecule has 0 amide bonds. The number of hydrogen-bond acceptors (Lipinski definition) is 5. The van der Waals surface area contributed by atoms with E-state index in [2.05, 4.69) is 10.4 Å². The molecular formula is C11H21N5O2. The van der Waals surface area contributed by atoms with Crippen molar-refractivity contribution < 1.29 is 4.92 Å². The second kappa shape index (κ2) is 5.81. The van der Waals surface area contributed by atoms with Gasteiger partial charge in [-0.05, 0) is 27.2 Å². The van der Waals surface area contributed by atoms with E-state index in [1.807, 2.05) is 20.8 Å². The summed E-state index contributed by atoms with van der Waals surface area (Å²) in [4.78, 5) is 10.7. The molecule has 0 saturated heterocycles. The highest BCUT2D eigenvalue weighted by Crippen LogP contribution is 2.31. The van der Waals surface area contributed by atoms with E-state index in [0.717, 1.165) is 6.42 Å². The topological polar surface area (TPSA) is 99.0 Å². The molecule has 0 aromatic carbocycles. The Morgan fingerprint density at radius 1 is 1.56 bits per heavy atom. The zero-order valence-electron chi connectivity index (χ0n) is 11.3. The van der Waals surface area contributed by atoms with Gasteiger partial charge in [-0.3, -0.25) is 10.1 Å². The predicted octanol–water partition coefficient (Wildman–Crippen LogP) is 1.83. The Kier molecular flexibility index (Phi) is 4.66. The minimum atomic E-state index is -0.396. The van der Waals surface area contributed by atoms with Crippen molar-refractivity contribution in [3.05, 3.63) is 15.8 Å². The van der Waals surface area contributed by atoms with Crippen LogP contribution in [-0.4, -0.2) is 27.3 Å². The standard InChI is InChI=1S/C11H21N5O2/c1-5-9(6-12)13-11-10(16(17)18)8(4)14-15(11)7(2)3/h7,9,13H,5-6,12H2,1-4H3. The van der Waals surface area contributed by atoms with E-state index in [1.165, 1.54) is 0 Å². The predicted molar refractivity (Wildman–Crippen MR) is 70.8 cm³/mol. The smallest absolute Gasteiger partial charge is 0.333 e. The minimum absolute atomic E-state index is 0.0114. The van der Waals surface area contributed by atoms with E-state index in [1.54, 1.807) is 11.6 Å². The summed E-state index contributed by atoms with van der Waals surface area (Å²) in [6, 6.07) is 0.0625. The van der Waals surface area contributed by atoms with Gasteiger partial charge in [-0.15, -0.1) is 0 Å². The first-order chi connectivity index (χ1) is 8.42. The van der Waals surface area contributed by atoms with Crippen LogP contribution in [-0.2, 0) is 0 Å². The molecule has 0 saturated carbocycles. The van der Waals surface area contributed by atoms with Gasteiger partial charge < -0.3 is 11.1 Å². The van der Waals surface area contributed by atoms with Crippen LogP contribution in [0.5, 0.6) is 0 Å². The molecule has 1 rings (SSSR count). The average Bonchev–Trinajstić information content (AvgIpc) is 2.63. The molecular weight excluding hydrogens is 234 g/mol. The van der Waals surface area contributed by atoms with Crippen molar-refractivity contribution in [1.29, 1.82) is 0 Å². The molecule has 0 aliphatic rings. The number of rotatable bonds is 6. The SMILES string of the molecule is CCC(CN)Nc1c([N+](=O)[O-])c(C)nn1C(C)C. The van der Waals surface area contributed by atoms with E-state index in [4.69, 9.17) is 5.73 Å². The Labute approximate surface area is 107 Å². The summed E-state index contributed by atoms with van der Waals surface area (Å²) in [5.41, 5.74) is 6.09. The van der Waals surface area contributed by atoms with Gasteiger partial charge in [0.25, 0.3) is 0 Å². The molecule has 102 valence electrons. The van der Waals surface area contributed by atoms with Crippen LogP contribution < -0.4 is 11.1 Å². The van der Waals surface area contributed by atoms with E-state index >= 15 is 0 Å². The Hall–Kier alpha value is -1.63. The number of nitrogens with two attached hydrogens (primary N) is 1. The van der Waals surface area contributed by atoms with Gasteiger partial charge in [0.2, 0.25) is 5.82 Å². The monoisotopic (exact) mass is 255 g/mol. The average molecular weight is 255 g/mol. The molecule has 1 heterocycles. The molecule has 0 aliphatic carbocycles. The molecule has 0 spiro atoms. The lowest BCUT2D eigenvalue weighted by atomic mass is 10.2. The van der Waals surface area contributed by atoms with Gasteiger partial charge >= 0.3 is 5.69 Å². The van der Waals surface area contributed by atoms with Crippen molar-refractivity contribution in [2.75, 3.05) is 11.9 Å². The molecule has 1 aromatic heterocycles. The van der Waals surface area contributed by atoms with Gasteiger partial charge in [0.15, 0.2) is 0 Å². The van der Waals surface area contributed by atoms with Crippen LogP contribution in [0.25, 0.3) is 0 Å². The third kappa shape index (κ3) is 2.79. The van der Waals surface area contributed by atoms with Gasteiger partial charge in [0, 0.05) is 18.6 Å². The van der Waals surface area contributed by atoms with Crippen molar-refractivity contribution in [3.8, 4) is 0 Å². The molecule has 1 atom stereocenters. The summed E-state index contributed by atoms with van der Waals surface area (Å²) in [6.45, 7) is 7.93. The Morgan fingerprint density at radius 3 is 2.56 bits per heavy atom. The molecule has 0 bridgehead atoms. The number of nitrogens with zero attached hydrogens (tertiary/aromatic N) is 3. The van der Waals surface area contributed by atoms with E-state index in [9.17, 15) is 10.1 Å². The molecule has 3 N–H and O–H groups in total. The van der Waals surface area contributed by atoms with Crippen LogP contribution in [0.3, 0.4) is 0 Å². The van der Waals surface area contributed by atoms with Crippen molar-refractivity contribution in [2.45, 2.75) is 46.2 Å². The number of aryl methyl sites for hydroxylation is 1. The number of nitro groups is 1. The van der Waals surface area contributed by atoms with E-state index in [-0.39, 0.29) is 17.8 Å². The molecule has 18 heavy (non-hydrogen) atoms. The highest BCUT2D eigenvalue weighted by atomic mass is 16.6. The first kappa shape index (κ1) is 14.4. The molecule has 0 aliphatic heterocycles. The summed E-state index contributed by atoms with van der Waals surface area (Å²) < 4.78 is 1.64.